The molecule has 7 unspecified atom stereocenters. The molecule has 2 bridgehead atoms. The number of imide groups is 1. The third-order valence-electron chi connectivity index (χ3n) is 15.1. The lowest BCUT2D eigenvalue weighted by molar-refractivity contribution is -0.148. The minimum absolute atomic E-state index is 0.000676. The first-order valence-corrected chi connectivity index (χ1v) is 24.9. The summed E-state index contributed by atoms with van der Waals surface area (Å²) in [5.74, 6) is -2.23. The molecule has 0 aromatic heterocycles. The van der Waals surface area contributed by atoms with E-state index in [0.717, 1.165) is 37.7 Å². The number of carbonyl (C=O) groups excluding carboxylic acids is 7. The highest BCUT2D eigenvalue weighted by molar-refractivity contribution is 6.12. The number of rotatable bonds is 26. The van der Waals surface area contributed by atoms with Gasteiger partial charge in [-0.25, -0.2) is 0 Å². The number of aliphatic hydroxyl groups excluding tert-OH is 1. The van der Waals surface area contributed by atoms with Gasteiger partial charge >= 0.3 is 0 Å². The molecule has 5 rings (SSSR count). The second-order valence-electron chi connectivity index (χ2n) is 20.0. The minimum atomic E-state index is -0.748. The highest BCUT2D eigenvalue weighted by Gasteiger charge is 2.49. The number of hydrogen-bond acceptors (Lipinski definition) is 11. The predicted molar refractivity (Wildman–Crippen MR) is 258 cm³/mol. The summed E-state index contributed by atoms with van der Waals surface area (Å²) < 4.78 is 12.1. The number of piperidine rings is 1. The number of anilines is 1. The molecular formula is C51H79N7O10. The van der Waals surface area contributed by atoms with Gasteiger partial charge in [-0.05, 0) is 93.9 Å². The Kier molecular flexibility index (Phi) is 20.1. The molecule has 1 aromatic rings. The number of unbranched alkanes of at least 4 members (excludes halogenated alkanes) is 2. The van der Waals surface area contributed by atoms with Crippen LogP contribution in [0.1, 0.15) is 111 Å². The van der Waals surface area contributed by atoms with Crippen LogP contribution in [0.4, 0.5) is 5.69 Å². The molecule has 7 amide bonds. The molecule has 3 heterocycles. The summed E-state index contributed by atoms with van der Waals surface area (Å²) in [6, 6.07) is 5.13. The summed E-state index contributed by atoms with van der Waals surface area (Å²) in [7, 11) is 6.84. The minimum Gasteiger partial charge on any atom is -0.394 e. The second-order valence-corrected chi connectivity index (χ2v) is 20.0. The van der Waals surface area contributed by atoms with Gasteiger partial charge in [0.25, 0.3) is 11.8 Å². The number of amides is 7. The SMILES string of the molecule is CCC(C)C(C(CC(=O)N1CCC[C@H]1C(OC)C(C)C(=O)NC(CO)Cc1cccc(NC(=O)CCCCCN2C(=O)C=CC2=O)c1)OC)N(C)C(=O)C(NC(=O)[C@@H]1[C@H]2CC[C@H](C2)N1C)C(C)C. The summed E-state index contributed by atoms with van der Waals surface area (Å²) in [4.78, 5) is 99.4. The molecular weight excluding hydrogens is 871 g/mol. The van der Waals surface area contributed by atoms with Crippen LogP contribution in [0.25, 0.3) is 0 Å². The summed E-state index contributed by atoms with van der Waals surface area (Å²) >= 11 is 0. The Morgan fingerprint density at radius 2 is 1.66 bits per heavy atom. The average molecular weight is 950 g/mol. The van der Waals surface area contributed by atoms with Crippen molar-refractivity contribution in [2.45, 2.75) is 160 Å². The molecule has 4 aliphatic rings. The van der Waals surface area contributed by atoms with Crippen LogP contribution >= 0.6 is 0 Å². The fourth-order valence-electron chi connectivity index (χ4n) is 11.0. The first-order valence-electron chi connectivity index (χ1n) is 24.9. The van der Waals surface area contributed by atoms with Crippen LogP contribution in [0.3, 0.4) is 0 Å². The van der Waals surface area contributed by atoms with Crippen LogP contribution in [0.5, 0.6) is 0 Å². The van der Waals surface area contributed by atoms with E-state index in [9.17, 15) is 38.7 Å². The Balaban J connectivity index is 1.15. The van der Waals surface area contributed by atoms with Gasteiger partial charge in [0.15, 0.2) is 0 Å². The van der Waals surface area contributed by atoms with Gasteiger partial charge in [0, 0.05) is 64.7 Å². The molecule has 11 atom stereocenters. The molecule has 3 fully saturated rings. The number of methoxy groups -OCH3 is 2. The highest BCUT2D eigenvalue weighted by atomic mass is 16.5. The molecule has 4 N–H and O–H groups in total. The van der Waals surface area contributed by atoms with E-state index in [1.165, 1.54) is 24.2 Å². The number of ether oxygens (including phenoxy) is 2. The van der Waals surface area contributed by atoms with Crippen molar-refractivity contribution >= 4 is 47.0 Å². The van der Waals surface area contributed by atoms with E-state index in [-0.39, 0.29) is 78.7 Å². The zero-order valence-corrected chi connectivity index (χ0v) is 41.9. The van der Waals surface area contributed by atoms with Crippen molar-refractivity contribution in [1.82, 2.24) is 30.2 Å². The summed E-state index contributed by atoms with van der Waals surface area (Å²) in [6.07, 6.45) is 8.85. The van der Waals surface area contributed by atoms with Crippen LogP contribution in [0.15, 0.2) is 36.4 Å². The van der Waals surface area contributed by atoms with Gasteiger partial charge in [-0.15, -0.1) is 0 Å². The van der Waals surface area contributed by atoms with Gasteiger partial charge in [0.1, 0.15) is 6.04 Å². The molecule has 0 spiro atoms. The van der Waals surface area contributed by atoms with E-state index in [2.05, 4.69) is 20.9 Å². The van der Waals surface area contributed by atoms with Crippen molar-refractivity contribution < 1.29 is 48.1 Å². The van der Waals surface area contributed by atoms with E-state index in [4.69, 9.17) is 9.47 Å². The van der Waals surface area contributed by atoms with E-state index in [0.29, 0.717) is 62.8 Å². The van der Waals surface area contributed by atoms with Crippen molar-refractivity contribution in [3.05, 3.63) is 42.0 Å². The maximum Gasteiger partial charge on any atom is 0.253 e. The van der Waals surface area contributed by atoms with Gasteiger partial charge in [0.2, 0.25) is 29.5 Å². The maximum absolute atomic E-state index is 14.4. The number of carbonyl (C=O) groups is 7. The zero-order valence-electron chi connectivity index (χ0n) is 41.9. The molecule has 17 heteroatoms. The van der Waals surface area contributed by atoms with Crippen molar-refractivity contribution in [2.24, 2.45) is 23.7 Å². The van der Waals surface area contributed by atoms with E-state index < -0.39 is 42.3 Å². The standard InChI is InChI=1S/C51H79N7O10/c1-10-32(4)46(56(7)51(66)45(31(2)3)54-50(65)47-35-20-21-38(28-35)55(47)6)40(67-8)29-44(63)57-25-15-18-39(57)48(68-9)33(5)49(64)53-37(30-59)27-34-16-14-17-36(26-34)52-41(60)19-12-11-13-24-58-42(61)22-23-43(58)62/h14,16-17,22-23,26,31-33,35,37-40,45-48,59H,10-13,15,18-21,24-25,27-30H2,1-9H3,(H,52,60)(H,53,64)(H,54,65)/t32?,33?,35-,37?,38+,39-,40?,45?,46?,47-,48?/m0/s1. The number of nitrogens with one attached hydrogen (secondary N) is 3. The van der Waals surface area contributed by atoms with Gasteiger partial charge < -0.3 is 40.3 Å². The summed E-state index contributed by atoms with van der Waals surface area (Å²) in [5.41, 5.74) is 1.38. The number of nitrogens with zero attached hydrogens (tertiary/aromatic N) is 4. The number of likely N-dealkylation sites (tertiary alicyclic amines) is 2. The summed E-state index contributed by atoms with van der Waals surface area (Å²) in [6.45, 7) is 10.2. The quantitative estimate of drug-likeness (QED) is 0.0779. The lowest BCUT2D eigenvalue weighted by atomic mass is 9.89. The number of hydrogen-bond donors (Lipinski definition) is 4. The largest absolute Gasteiger partial charge is 0.394 e. The number of fused-ring (bicyclic) bond motifs is 2. The predicted octanol–water partition coefficient (Wildman–Crippen LogP) is 3.67. The van der Waals surface area contributed by atoms with Crippen molar-refractivity contribution in [1.29, 1.82) is 0 Å². The Bertz CT molecular complexity index is 1940. The third-order valence-corrected chi connectivity index (χ3v) is 15.1. The van der Waals surface area contributed by atoms with Crippen LogP contribution in [-0.4, -0.2) is 163 Å². The molecule has 3 aliphatic heterocycles. The van der Waals surface area contributed by atoms with Gasteiger partial charge in [-0.2, -0.15) is 0 Å². The monoisotopic (exact) mass is 950 g/mol. The zero-order chi connectivity index (χ0) is 49.8. The van der Waals surface area contributed by atoms with Crippen LogP contribution in [0, 0.1) is 23.7 Å². The van der Waals surface area contributed by atoms with Gasteiger partial charge in [-0.1, -0.05) is 59.6 Å². The van der Waals surface area contributed by atoms with Gasteiger partial charge in [0.05, 0.1) is 55.3 Å². The Morgan fingerprint density at radius 1 is 0.941 bits per heavy atom. The third kappa shape index (κ3) is 13.3. The first-order chi connectivity index (χ1) is 32.4. The first kappa shape index (κ1) is 54.2. The lowest BCUT2D eigenvalue weighted by Crippen LogP contribution is -2.60. The number of benzene rings is 1. The fraction of sp³-hybridized carbons (Fsp3) is 0.706. The van der Waals surface area contributed by atoms with Crippen molar-refractivity contribution in [2.75, 3.05) is 53.3 Å². The lowest BCUT2D eigenvalue weighted by Gasteiger charge is -2.41. The molecule has 17 nitrogen and oxygen atoms in total. The second kappa shape index (κ2) is 25.2. The molecule has 1 aliphatic carbocycles. The molecule has 2 saturated heterocycles. The smallest absolute Gasteiger partial charge is 0.253 e. The Labute approximate surface area is 403 Å². The molecule has 68 heavy (non-hydrogen) atoms. The van der Waals surface area contributed by atoms with E-state index >= 15 is 0 Å². The van der Waals surface area contributed by atoms with Crippen LogP contribution in [-0.2, 0) is 49.5 Å². The molecule has 1 aromatic carbocycles. The van der Waals surface area contributed by atoms with Crippen LogP contribution in [0.2, 0.25) is 0 Å². The van der Waals surface area contributed by atoms with E-state index in [1.54, 1.807) is 49.1 Å². The van der Waals surface area contributed by atoms with Gasteiger partial charge in [-0.3, -0.25) is 43.4 Å². The van der Waals surface area contributed by atoms with Crippen LogP contribution < -0.4 is 16.0 Å². The number of likely N-dealkylation sites (N-methyl/N-ethyl adjacent to an activating group) is 2. The Hall–Kier alpha value is -4.71. The molecule has 1 saturated carbocycles. The van der Waals surface area contributed by atoms with E-state index in [1.807, 2.05) is 40.8 Å². The highest BCUT2D eigenvalue weighted by Crippen LogP contribution is 2.41. The normalized spacial score (nSPS) is 23.3. The van der Waals surface area contributed by atoms with Crippen molar-refractivity contribution in [3.8, 4) is 0 Å². The fourth-order valence-corrected chi connectivity index (χ4v) is 11.0. The topological polar surface area (TPSA) is 207 Å². The van der Waals surface area contributed by atoms with Crippen molar-refractivity contribution in [3.63, 3.8) is 0 Å². The maximum atomic E-state index is 14.4. The molecule has 378 valence electrons. The molecule has 0 radical (unpaired) electrons. The average Bonchev–Trinajstić information content (AvgIpc) is 4.13. The Morgan fingerprint density at radius 3 is 2.28 bits per heavy atom. The number of aliphatic hydroxyl groups is 1. The summed E-state index contributed by atoms with van der Waals surface area (Å²) in [5, 5.41) is 19.4.